The third kappa shape index (κ3) is 4.50. The number of hydrogen-bond acceptors (Lipinski definition) is 3. The molecule has 114 valence electrons. The van der Waals surface area contributed by atoms with E-state index in [2.05, 4.69) is 43.0 Å². The molecule has 1 aliphatic rings. The molecular weight excluding hydrogens is 250 g/mol. The molecule has 0 amide bonds. The fourth-order valence-electron chi connectivity index (χ4n) is 2.31. The van der Waals surface area contributed by atoms with Crippen LogP contribution >= 0.6 is 0 Å². The van der Waals surface area contributed by atoms with E-state index in [1.165, 1.54) is 11.3 Å². The van der Waals surface area contributed by atoms with Crippen molar-refractivity contribution >= 4 is 5.69 Å². The molecule has 0 bridgehead atoms. The van der Waals surface area contributed by atoms with E-state index >= 15 is 0 Å². The number of aliphatic hydroxyl groups is 1. The van der Waals surface area contributed by atoms with Gasteiger partial charge in [0, 0.05) is 18.8 Å². The zero-order valence-corrected chi connectivity index (χ0v) is 13.7. The Morgan fingerprint density at radius 2 is 1.70 bits per heavy atom. The third-order valence-corrected chi connectivity index (χ3v) is 3.45. The summed E-state index contributed by atoms with van der Waals surface area (Å²) in [4.78, 5) is 2.29. The Labute approximate surface area is 123 Å². The summed E-state index contributed by atoms with van der Waals surface area (Å²) in [5.74, 6) is 0. The average molecular weight is 279 g/mol. The van der Waals surface area contributed by atoms with Gasteiger partial charge in [-0.15, -0.1) is 0 Å². The zero-order chi connectivity index (χ0) is 15.3. The summed E-state index contributed by atoms with van der Waals surface area (Å²) in [6, 6.07) is 8.51. The molecule has 1 heterocycles. The van der Waals surface area contributed by atoms with Crippen molar-refractivity contribution in [2.45, 2.75) is 59.4 Å². The second-order valence-corrected chi connectivity index (χ2v) is 5.83. The first-order chi connectivity index (χ1) is 9.36. The number of ether oxygens (including phenoxy) is 1. The molecular formula is C17H29NO2. The Morgan fingerprint density at radius 1 is 1.15 bits per heavy atom. The molecule has 0 aromatic heterocycles. The van der Waals surface area contributed by atoms with Crippen LogP contribution in [-0.4, -0.2) is 36.0 Å². The molecule has 0 radical (unpaired) electrons. The third-order valence-electron chi connectivity index (χ3n) is 3.45. The summed E-state index contributed by atoms with van der Waals surface area (Å²) in [6.07, 6.45) is -0.0148. The molecule has 1 aliphatic heterocycles. The van der Waals surface area contributed by atoms with Gasteiger partial charge in [-0.05, 0) is 39.8 Å². The summed E-state index contributed by atoms with van der Waals surface area (Å²) in [5.41, 5.74) is 1.65. The monoisotopic (exact) mass is 279 g/mol. The minimum Gasteiger partial charge on any atom is -0.388 e. The molecule has 20 heavy (non-hydrogen) atoms. The number of benzene rings is 1. The normalized spacial score (nSPS) is 23.1. The Hall–Kier alpha value is -1.06. The van der Waals surface area contributed by atoms with E-state index in [1.54, 1.807) is 0 Å². The molecule has 3 heteroatoms. The average Bonchev–Trinajstić information content (AvgIpc) is 2.40. The number of morpholine rings is 1. The minimum atomic E-state index is -0.808. The van der Waals surface area contributed by atoms with Gasteiger partial charge in [0.1, 0.15) is 6.10 Å². The van der Waals surface area contributed by atoms with Crippen LogP contribution in [0.4, 0.5) is 5.69 Å². The van der Waals surface area contributed by atoms with Crippen molar-refractivity contribution in [1.29, 1.82) is 0 Å². The van der Waals surface area contributed by atoms with E-state index < -0.39 is 5.60 Å². The first-order valence-corrected chi connectivity index (χ1v) is 7.55. The van der Waals surface area contributed by atoms with Crippen molar-refractivity contribution in [1.82, 2.24) is 0 Å². The SMILES string of the molecule is CC.Cc1ccc(N2CC(C)OC(C(C)(C)O)C2)cc1. The van der Waals surface area contributed by atoms with Crippen LogP contribution in [0.2, 0.25) is 0 Å². The molecule has 1 N–H and O–H groups in total. The Balaban J connectivity index is 0.000000956. The predicted octanol–water partition coefficient (Wildman–Crippen LogP) is 3.39. The van der Waals surface area contributed by atoms with Gasteiger partial charge in [0.15, 0.2) is 0 Å². The Morgan fingerprint density at radius 3 is 2.20 bits per heavy atom. The van der Waals surface area contributed by atoms with E-state index in [9.17, 15) is 5.11 Å². The second kappa shape index (κ2) is 7.09. The standard InChI is InChI=1S/C15H23NO2.C2H6/c1-11-5-7-13(8-6-11)16-9-12(2)18-14(10-16)15(3,4)17;1-2/h5-8,12,14,17H,9-10H2,1-4H3;1-2H3. The van der Waals surface area contributed by atoms with Crippen LogP contribution < -0.4 is 4.90 Å². The zero-order valence-electron chi connectivity index (χ0n) is 13.7. The number of rotatable bonds is 2. The van der Waals surface area contributed by atoms with Crippen LogP contribution in [0.25, 0.3) is 0 Å². The van der Waals surface area contributed by atoms with Crippen molar-refractivity contribution in [3.63, 3.8) is 0 Å². The number of nitrogens with zero attached hydrogens (tertiary/aromatic N) is 1. The molecule has 1 fully saturated rings. The predicted molar refractivity (Wildman–Crippen MR) is 85.4 cm³/mol. The van der Waals surface area contributed by atoms with Gasteiger partial charge in [-0.2, -0.15) is 0 Å². The topological polar surface area (TPSA) is 32.7 Å². The van der Waals surface area contributed by atoms with Crippen molar-refractivity contribution in [3.8, 4) is 0 Å². The highest BCUT2D eigenvalue weighted by atomic mass is 16.5. The van der Waals surface area contributed by atoms with Gasteiger partial charge in [0.25, 0.3) is 0 Å². The van der Waals surface area contributed by atoms with Crippen LogP contribution in [0.1, 0.15) is 40.2 Å². The van der Waals surface area contributed by atoms with Gasteiger partial charge < -0.3 is 14.7 Å². The van der Waals surface area contributed by atoms with E-state index in [-0.39, 0.29) is 12.2 Å². The first-order valence-electron chi connectivity index (χ1n) is 7.55. The molecule has 0 aliphatic carbocycles. The van der Waals surface area contributed by atoms with Gasteiger partial charge in [0.05, 0.1) is 11.7 Å². The summed E-state index contributed by atoms with van der Waals surface area (Å²) in [7, 11) is 0. The summed E-state index contributed by atoms with van der Waals surface area (Å²) in [5, 5.41) is 10.1. The van der Waals surface area contributed by atoms with Crippen molar-refractivity contribution in [3.05, 3.63) is 29.8 Å². The number of anilines is 1. The largest absolute Gasteiger partial charge is 0.388 e. The van der Waals surface area contributed by atoms with Gasteiger partial charge in [-0.3, -0.25) is 0 Å². The lowest BCUT2D eigenvalue weighted by molar-refractivity contribution is -0.120. The fourth-order valence-corrected chi connectivity index (χ4v) is 2.31. The molecule has 2 rings (SSSR count). The highest BCUT2D eigenvalue weighted by molar-refractivity contribution is 5.48. The minimum absolute atomic E-state index is 0.136. The molecule has 3 nitrogen and oxygen atoms in total. The van der Waals surface area contributed by atoms with Crippen LogP contribution in [0.5, 0.6) is 0 Å². The number of hydrogen-bond donors (Lipinski definition) is 1. The van der Waals surface area contributed by atoms with Gasteiger partial charge >= 0.3 is 0 Å². The van der Waals surface area contributed by atoms with E-state index in [0.29, 0.717) is 0 Å². The Kier molecular flexibility index (Phi) is 6.03. The summed E-state index contributed by atoms with van der Waals surface area (Å²) in [6.45, 7) is 13.4. The first kappa shape index (κ1) is 17.0. The van der Waals surface area contributed by atoms with Crippen molar-refractivity contribution < 1.29 is 9.84 Å². The van der Waals surface area contributed by atoms with Crippen LogP contribution in [0, 0.1) is 6.92 Å². The van der Waals surface area contributed by atoms with Gasteiger partial charge in [0.2, 0.25) is 0 Å². The van der Waals surface area contributed by atoms with E-state index in [4.69, 9.17) is 4.74 Å². The van der Waals surface area contributed by atoms with E-state index in [0.717, 1.165) is 13.1 Å². The maximum Gasteiger partial charge on any atom is 0.103 e. The highest BCUT2D eigenvalue weighted by Crippen LogP contribution is 2.25. The lowest BCUT2D eigenvalue weighted by Crippen LogP contribution is -2.54. The maximum atomic E-state index is 10.1. The molecule has 0 saturated carbocycles. The molecule has 2 atom stereocenters. The van der Waals surface area contributed by atoms with Crippen LogP contribution in [0.3, 0.4) is 0 Å². The molecule has 1 saturated heterocycles. The van der Waals surface area contributed by atoms with E-state index in [1.807, 2.05) is 27.7 Å². The van der Waals surface area contributed by atoms with Gasteiger partial charge in [-0.1, -0.05) is 31.5 Å². The lowest BCUT2D eigenvalue weighted by Gasteiger charge is -2.42. The summed E-state index contributed by atoms with van der Waals surface area (Å²) < 4.78 is 5.83. The Bertz CT molecular complexity index is 394. The summed E-state index contributed by atoms with van der Waals surface area (Å²) >= 11 is 0. The molecule has 1 aromatic carbocycles. The van der Waals surface area contributed by atoms with Crippen molar-refractivity contribution in [2.24, 2.45) is 0 Å². The molecule has 2 unspecified atom stereocenters. The second-order valence-electron chi connectivity index (χ2n) is 5.83. The lowest BCUT2D eigenvalue weighted by atomic mass is 9.99. The van der Waals surface area contributed by atoms with Crippen molar-refractivity contribution in [2.75, 3.05) is 18.0 Å². The maximum absolute atomic E-state index is 10.1. The molecule has 0 spiro atoms. The smallest absolute Gasteiger partial charge is 0.103 e. The quantitative estimate of drug-likeness (QED) is 0.901. The number of aryl methyl sites for hydroxylation is 1. The van der Waals surface area contributed by atoms with Crippen LogP contribution in [-0.2, 0) is 4.74 Å². The molecule has 1 aromatic rings. The fraction of sp³-hybridized carbons (Fsp3) is 0.647. The van der Waals surface area contributed by atoms with Gasteiger partial charge in [-0.25, -0.2) is 0 Å². The van der Waals surface area contributed by atoms with Crippen LogP contribution in [0.15, 0.2) is 24.3 Å². The highest BCUT2D eigenvalue weighted by Gasteiger charge is 2.35.